The Morgan fingerprint density at radius 3 is 2.22 bits per heavy atom. The highest BCUT2D eigenvalue weighted by molar-refractivity contribution is 8.26. The van der Waals surface area contributed by atoms with Gasteiger partial charge in [0.25, 0.3) is 0 Å². The maximum absolute atomic E-state index is 10.8. The Morgan fingerprint density at radius 1 is 1.17 bits per heavy atom. The number of anilines is 1. The SMILES string of the molecule is CCN1CCN(S(C)(O)c2ccc(N)cc2)CC1. The monoisotopic (exact) mass is 269 g/mol. The first-order valence-electron chi connectivity index (χ1n) is 6.38. The average Bonchev–Trinajstić information content (AvgIpc) is 2.39. The van der Waals surface area contributed by atoms with Gasteiger partial charge in [0.05, 0.1) is 0 Å². The molecule has 0 spiro atoms. The molecule has 0 saturated carbocycles. The molecular weight excluding hydrogens is 246 g/mol. The first kappa shape index (κ1) is 13.7. The topological polar surface area (TPSA) is 52.7 Å². The van der Waals surface area contributed by atoms with Crippen molar-refractivity contribution in [2.45, 2.75) is 11.8 Å². The lowest BCUT2D eigenvalue weighted by molar-refractivity contribution is 0.196. The van der Waals surface area contributed by atoms with Crippen molar-refractivity contribution in [3.63, 3.8) is 0 Å². The molecule has 102 valence electrons. The maximum Gasteiger partial charge on any atom is 0.0314 e. The number of likely N-dealkylation sites (N-methyl/N-ethyl adjacent to an activating group) is 1. The molecule has 0 bridgehead atoms. The average molecular weight is 269 g/mol. The van der Waals surface area contributed by atoms with Crippen LogP contribution in [0.3, 0.4) is 0 Å². The van der Waals surface area contributed by atoms with E-state index in [1.165, 1.54) is 0 Å². The lowest BCUT2D eigenvalue weighted by Crippen LogP contribution is -2.46. The molecule has 1 fully saturated rings. The van der Waals surface area contributed by atoms with Crippen LogP contribution in [0.1, 0.15) is 6.92 Å². The van der Waals surface area contributed by atoms with Gasteiger partial charge in [0, 0.05) is 43.0 Å². The molecule has 1 atom stereocenters. The zero-order valence-electron chi connectivity index (χ0n) is 11.2. The molecule has 1 aromatic carbocycles. The molecule has 4 nitrogen and oxygen atoms in total. The summed E-state index contributed by atoms with van der Waals surface area (Å²) in [6, 6.07) is 7.60. The second-order valence-corrected chi connectivity index (χ2v) is 7.42. The molecule has 2 rings (SSSR count). The van der Waals surface area contributed by atoms with E-state index in [2.05, 4.69) is 16.1 Å². The summed E-state index contributed by atoms with van der Waals surface area (Å²) in [7, 11) is -1.86. The van der Waals surface area contributed by atoms with Crippen LogP contribution in [0.25, 0.3) is 0 Å². The molecule has 1 aromatic rings. The van der Waals surface area contributed by atoms with E-state index in [1.807, 2.05) is 30.5 Å². The van der Waals surface area contributed by atoms with Gasteiger partial charge in [0.2, 0.25) is 0 Å². The Kier molecular flexibility index (Phi) is 4.17. The summed E-state index contributed by atoms with van der Waals surface area (Å²) in [6.07, 6.45) is 1.94. The number of nitrogens with zero attached hydrogens (tertiary/aromatic N) is 2. The van der Waals surface area contributed by atoms with Crippen LogP contribution < -0.4 is 5.73 Å². The molecule has 18 heavy (non-hydrogen) atoms. The van der Waals surface area contributed by atoms with E-state index >= 15 is 0 Å². The van der Waals surface area contributed by atoms with Crippen LogP contribution in [0.2, 0.25) is 0 Å². The fourth-order valence-corrected chi connectivity index (χ4v) is 4.10. The Morgan fingerprint density at radius 2 is 1.72 bits per heavy atom. The molecule has 0 radical (unpaired) electrons. The number of rotatable bonds is 3. The number of piperazine rings is 1. The molecule has 3 N–H and O–H groups in total. The second-order valence-electron chi connectivity index (χ2n) is 4.77. The molecule has 1 unspecified atom stereocenters. The molecule has 1 saturated heterocycles. The standard InChI is InChI=1S/C13H23N3OS/c1-3-15-8-10-16(11-9-15)18(2,17)13-6-4-12(14)5-7-13/h4-7,17H,3,8-11,14H2,1-2H3. The van der Waals surface area contributed by atoms with Crippen LogP contribution >= 0.6 is 10.5 Å². The summed E-state index contributed by atoms with van der Waals surface area (Å²) < 4.78 is 13.0. The fourth-order valence-electron chi connectivity index (χ4n) is 2.28. The summed E-state index contributed by atoms with van der Waals surface area (Å²) in [5.41, 5.74) is 6.43. The van der Waals surface area contributed by atoms with Crippen molar-refractivity contribution >= 4 is 16.2 Å². The van der Waals surface area contributed by atoms with Crippen molar-refractivity contribution in [3.05, 3.63) is 24.3 Å². The highest BCUT2D eigenvalue weighted by Gasteiger charge is 2.28. The highest BCUT2D eigenvalue weighted by atomic mass is 32.3. The molecule has 1 aliphatic heterocycles. The van der Waals surface area contributed by atoms with Crippen LogP contribution in [-0.4, -0.2) is 52.7 Å². The summed E-state index contributed by atoms with van der Waals surface area (Å²) in [5, 5.41) is 0. The van der Waals surface area contributed by atoms with E-state index in [4.69, 9.17) is 5.73 Å². The molecule has 0 aliphatic carbocycles. The minimum atomic E-state index is -1.86. The fraction of sp³-hybridized carbons (Fsp3) is 0.538. The van der Waals surface area contributed by atoms with Crippen molar-refractivity contribution < 1.29 is 4.55 Å². The van der Waals surface area contributed by atoms with E-state index in [-0.39, 0.29) is 0 Å². The molecule has 5 heteroatoms. The number of hydrogen-bond acceptors (Lipinski definition) is 4. The minimum absolute atomic E-state index is 0.741. The van der Waals surface area contributed by atoms with Gasteiger partial charge in [0.1, 0.15) is 0 Å². The van der Waals surface area contributed by atoms with Crippen LogP contribution in [-0.2, 0) is 0 Å². The van der Waals surface area contributed by atoms with Gasteiger partial charge in [-0.15, -0.1) is 0 Å². The smallest absolute Gasteiger partial charge is 0.0314 e. The van der Waals surface area contributed by atoms with Gasteiger partial charge in [-0.3, -0.25) is 0 Å². The summed E-state index contributed by atoms with van der Waals surface area (Å²) in [4.78, 5) is 3.40. The van der Waals surface area contributed by atoms with Gasteiger partial charge in [-0.2, -0.15) is 0 Å². The predicted molar refractivity (Wildman–Crippen MR) is 79.0 cm³/mol. The number of nitrogens with two attached hydrogens (primary N) is 1. The predicted octanol–water partition coefficient (Wildman–Crippen LogP) is 2.09. The molecule has 0 aromatic heterocycles. The van der Waals surface area contributed by atoms with Gasteiger partial charge in [-0.25, -0.2) is 4.31 Å². The summed E-state index contributed by atoms with van der Waals surface area (Å²) >= 11 is 0. The maximum atomic E-state index is 10.8. The number of benzene rings is 1. The third kappa shape index (κ3) is 2.80. The van der Waals surface area contributed by atoms with Crippen molar-refractivity contribution in [1.82, 2.24) is 9.21 Å². The normalized spacial score (nSPS) is 23.5. The first-order chi connectivity index (χ1) is 8.54. The minimum Gasteiger partial charge on any atom is -0.399 e. The van der Waals surface area contributed by atoms with Crippen molar-refractivity contribution in [2.24, 2.45) is 0 Å². The van der Waals surface area contributed by atoms with Gasteiger partial charge in [0.15, 0.2) is 0 Å². The van der Waals surface area contributed by atoms with E-state index in [9.17, 15) is 4.55 Å². The zero-order chi connectivity index (χ0) is 13.2. The van der Waals surface area contributed by atoms with Crippen LogP contribution in [0.4, 0.5) is 5.69 Å². The quantitative estimate of drug-likeness (QED) is 0.825. The molecule has 0 amide bonds. The molecule has 1 heterocycles. The molecular formula is C13H23N3OS. The van der Waals surface area contributed by atoms with Gasteiger partial charge in [-0.1, -0.05) is 17.4 Å². The number of hydrogen-bond donors (Lipinski definition) is 2. The zero-order valence-corrected chi connectivity index (χ0v) is 12.0. The van der Waals surface area contributed by atoms with Crippen LogP contribution in [0.15, 0.2) is 29.2 Å². The Hall–Kier alpha value is -0.750. The second kappa shape index (κ2) is 5.48. The lowest BCUT2D eigenvalue weighted by Gasteiger charge is -2.45. The Bertz CT molecular complexity index is 386. The number of nitrogen functional groups attached to an aromatic ring is 1. The third-order valence-electron chi connectivity index (χ3n) is 3.61. The largest absolute Gasteiger partial charge is 0.399 e. The van der Waals surface area contributed by atoms with Gasteiger partial charge in [-0.05, 0) is 30.8 Å². The van der Waals surface area contributed by atoms with E-state index in [1.54, 1.807) is 0 Å². The molecule has 1 aliphatic rings. The van der Waals surface area contributed by atoms with Crippen molar-refractivity contribution in [2.75, 3.05) is 44.7 Å². The first-order valence-corrected chi connectivity index (χ1v) is 8.33. The Balaban J connectivity index is 2.09. The van der Waals surface area contributed by atoms with Gasteiger partial charge < -0.3 is 15.2 Å². The lowest BCUT2D eigenvalue weighted by atomic mass is 10.3. The van der Waals surface area contributed by atoms with Crippen LogP contribution in [0.5, 0.6) is 0 Å². The Labute approximate surface area is 111 Å². The van der Waals surface area contributed by atoms with E-state index in [0.29, 0.717) is 0 Å². The third-order valence-corrected chi connectivity index (χ3v) is 6.14. The summed E-state index contributed by atoms with van der Waals surface area (Å²) in [5.74, 6) is 0. The van der Waals surface area contributed by atoms with Crippen LogP contribution in [0, 0.1) is 0 Å². The van der Waals surface area contributed by atoms with E-state index in [0.717, 1.165) is 43.3 Å². The van der Waals surface area contributed by atoms with Crippen molar-refractivity contribution in [1.29, 1.82) is 0 Å². The highest BCUT2D eigenvalue weighted by Crippen LogP contribution is 2.52. The summed E-state index contributed by atoms with van der Waals surface area (Å²) in [6.45, 7) is 7.21. The van der Waals surface area contributed by atoms with E-state index < -0.39 is 10.5 Å². The van der Waals surface area contributed by atoms with Gasteiger partial charge >= 0.3 is 0 Å². The van der Waals surface area contributed by atoms with Crippen molar-refractivity contribution in [3.8, 4) is 0 Å².